The molecule has 2 aromatic heterocycles. The van der Waals surface area contributed by atoms with Gasteiger partial charge in [-0.15, -0.1) is 0 Å². The lowest BCUT2D eigenvalue weighted by Gasteiger charge is -2.19. The molecule has 5 nitrogen and oxygen atoms in total. The second-order valence-corrected chi connectivity index (χ2v) is 9.28. The molecule has 0 aliphatic heterocycles. The highest BCUT2D eigenvalue weighted by Gasteiger charge is 2.30. The van der Waals surface area contributed by atoms with Gasteiger partial charge in [-0.3, -0.25) is 0 Å². The standard InChI is InChI=1S/C19H20F3N3O2S/c1-18(2,3)13-4-7-16(8-5-13)28(26,27)23-10-15-12-25-11-14(19(20,21)22)6-9-17(25)24-15/h4-9,11-12,23H,10H2,1-3H3. The Morgan fingerprint density at radius 3 is 2.14 bits per heavy atom. The molecule has 0 amide bonds. The van der Waals surface area contributed by atoms with Crippen LogP contribution in [0.25, 0.3) is 5.65 Å². The Balaban J connectivity index is 1.77. The van der Waals surface area contributed by atoms with Crippen LogP contribution in [0, 0.1) is 0 Å². The number of sulfonamides is 1. The van der Waals surface area contributed by atoms with Crippen LogP contribution in [0.1, 0.15) is 37.6 Å². The van der Waals surface area contributed by atoms with Gasteiger partial charge in [-0.2, -0.15) is 13.2 Å². The summed E-state index contributed by atoms with van der Waals surface area (Å²) in [4.78, 5) is 4.26. The Labute approximate surface area is 161 Å². The molecule has 0 saturated carbocycles. The summed E-state index contributed by atoms with van der Waals surface area (Å²) in [6.45, 7) is 5.96. The zero-order valence-electron chi connectivity index (χ0n) is 15.6. The molecule has 0 bridgehead atoms. The van der Waals surface area contributed by atoms with Crippen LogP contribution in [0.4, 0.5) is 13.2 Å². The van der Waals surface area contributed by atoms with Crippen molar-refractivity contribution in [3.8, 4) is 0 Å². The van der Waals surface area contributed by atoms with E-state index < -0.39 is 21.8 Å². The van der Waals surface area contributed by atoms with Crippen LogP contribution in [-0.2, 0) is 28.2 Å². The third-order valence-electron chi connectivity index (χ3n) is 4.30. The number of nitrogens with zero attached hydrogens (tertiary/aromatic N) is 2. The summed E-state index contributed by atoms with van der Waals surface area (Å²) >= 11 is 0. The molecule has 0 saturated heterocycles. The molecular formula is C19H20F3N3O2S. The number of hydrogen-bond acceptors (Lipinski definition) is 3. The monoisotopic (exact) mass is 411 g/mol. The molecule has 0 radical (unpaired) electrons. The topological polar surface area (TPSA) is 63.5 Å². The van der Waals surface area contributed by atoms with Crippen molar-refractivity contribution in [3.05, 3.63) is 65.6 Å². The molecule has 0 unspecified atom stereocenters. The number of pyridine rings is 1. The third-order valence-corrected chi connectivity index (χ3v) is 5.72. The van der Waals surface area contributed by atoms with Gasteiger partial charge in [0.15, 0.2) is 0 Å². The first kappa shape index (κ1) is 20.3. The van der Waals surface area contributed by atoms with Crippen molar-refractivity contribution in [3.63, 3.8) is 0 Å². The minimum atomic E-state index is -4.46. The Bertz CT molecular complexity index is 1100. The van der Waals surface area contributed by atoms with E-state index in [1.54, 1.807) is 12.1 Å². The lowest BCUT2D eigenvalue weighted by molar-refractivity contribution is -0.137. The fraction of sp³-hybridized carbons (Fsp3) is 0.316. The average molecular weight is 411 g/mol. The molecule has 3 aromatic rings. The number of halogens is 3. The maximum atomic E-state index is 12.8. The van der Waals surface area contributed by atoms with Crippen LogP contribution < -0.4 is 4.72 Å². The van der Waals surface area contributed by atoms with Crippen molar-refractivity contribution >= 4 is 15.7 Å². The molecular weight excluding hydrogens is 391 g/mol. The molecule has 1 aromatic carbocycles. The largest absolute Gasteiger partial charge is 0.417 e. The fourth-order valence-electron chi connectivity index (χ4n) is 2.68. The summed E-state index contributed by atoms with van der Waals surface area (Å²) in [5, 5.41) is 0. The van der Waals surface area contributed by atoms with E-state index >= 15 is 0 Å². The molecule has 3 rings (SSSR count). The van der Waals surface area contributed by atoms with Crippen LogP contribution in [0.3, 0.4) is 0 Å². The van der Waals surface area contributed by atoms with Gasteiger partial charge in [0.25, 0.3) is 0 Å². The summed E-state index contributed by atoms with van der Waals surface area (Å²) in [5.74, 6) is 0. The highest BCUT2D eigenvalue weighted by Crippen LogP contribution is 2.29. The van der Waals surface area contributed by atoms with Crippen LogP contribution in [0.5, 0.6) is 0 Å². The lowest BCUT2D eigenvalue weighted by Crippen LogP contribution is -2.23. The Morgan fingerprint density at radius 1 is 0.964 bits per heavy atom. The zero-order chi connectivity index (χ0) is 20.7. The molecule has 0 aliphatic carbocycles. The number of hydrogen-bond donors (Lipinski definition) is 1. The van der Waals surface area contributed by atoms with E-state index in [-0.39, 0.29) is 16.9 Å². The molecule has 28 heavy (non-hydrogen) atoms. The van der Waals surface area contributed by atoms with E-state index in [1.807, 2.05) is 20.8 Å². The SMILES string of the molecule is CC(C)(C)c1ccc(S(=O)(=O)NCc2cn3cc(C(F)(F)F)ccc3n2)cc1. The molecule has 150 valence electrons. The average Bonchev–Trinajstić information content (AvgIpc) is 3.01. The van der Waals surface area contributed by atoms with Gasteiger partial charge in [-0.1, -0.05) is 32.9 Å². The van der Waals surface area contributed by atoms with E-state index in [1.165, 1.54) is 28.8 Å². The summed E-state index contributed by atoms with van der Waals surface area (Å²) in [6.07, 6.45) is -2.17. The molecule has 2 heterocycles. The van der Waals surface area contributed by atoms with Gasteiger partial charge in [0, 0.05) is 12.4 Å². The molecule has 1 N–H and O–H groups in total. The lowest BCUT2D eigenvalue weighted by atomic mass is 9.87. The fourth-order valence-corrected chi connectivity index (χ4v) is 3.68. The van der Waals surface area contributed by atoms with Crippen molar-refractivity contribution in [2.24, 2.45) is 0 Å². The summed E-state index contributed by atoms with van der Waals surface area (Å²) < 4.78 is 67.0. The second kappa shape index (κ2) is 6.89. The maximum absolute atomic E-state index is 12.8. The number of alkyl halides is 3. The normalized spacial score (nSPS) is 13.2. The molecule has 0 atom stereocenters. The van der Waals surface area contributed by atoms with Crippen molar-refractivity contribution in [2.45, 2.75) is 43.8 Å². The number of fused-ring (bicyclic) bond motifs is 1. The van der Waals surface area contributed by atoms with Gasteiger partial charge in [0.05, 0.1) is 22.7 Å². The van der Waals surface area contributed by atoms with Crippen molar-refractivity contribution in [1.82, 2.24) is 14.1 Å². The first-order valence-electron chi connectivity index (χ1n) is 8.51. The Kier molecular flexibility index (Phi) is 5.01. The zero-order valence-corrected chi connectivity index (χ0v) is 16.4. The third kappa shape index (κ3) is 4.36. The predicted molar refractivity (Wildman–Crippen MR) is 99.4 cm³/mol. The number of rotatable bonds is 4. The first-order valence-corrected chi connectivity index (χ1v) is 10.00. The maximum Gasteiger partial charge on any atom is 0.417 e. The van der Waals surface area contributed by atoms with E-state index in [0.717, 1.165) is 17.8 Å². The number of nitrogens with one attached hydrogen (secondary N) is 1. The number of imidazole rings is 1. The van der Waals surface area contributed by atoms with Gasteiger partial charge >= 0.3 is 6.18 Å². The van der Waals surface area contributed by atoms with E-state index in [9.17, 15) is 21.6 Å². The van der Waals surface area contributed by atoms with E-state index in [2.05, 4.69) is 9.71 Å². The van der Waals surface area contributed by atoms with Gasteiger partial charge < -0.3 is 4.40 Å². The minimum absolute atomic E-state index is 0.0957. The van der Waals surface area contributed by atoms with Crippen molar-refractivity contribution < 1.29 is 21.6 Å². The first-order chi connectivity index (χ1) is 12.9. The van der Waals surface area contributed by atoms with Gasteiger partial charge in [-0.05, 0) is 35.2 Å². The van der Waals surface area contributed by atoms with Crippen LogP contribution in [-0.4, -0.2) is 17.8 Å². The molecule has 0 spiro atoms. The van der Waals surface area contributed by atoms with Crippen molar-refractivity contribution in [1.29, 1.82) is 0 Å². The predicted octanol–water partition coefficient (Wildman–Crippen LogP) is 4.13. The molecule has 0 aliphatic rings. The Hall–Kier alpha value is -2.39. The molecule has 9 heteroatoms. The van der Waals surface area contributed by atoms with Crippen LogP contribution in [0.2, 0.25) is 0 Å². The second-order valence-electron chi connectivity index (χ2n) is 7.51. The number of benzene rings is 1. The highest BCUT2D eigenvalue weighted by atomic mass is 32.2. The van der Waals surface area contributed by atoms with E-state index in [4.69, 9.17) is 0 Å². The quantitative estimate of drug-likeness (QED) is 0.702. The number of aromatic nitrogens is 2. The Morgan fingerprint density at radius 2 is 1.57 bits per heavy atom. The summed E-state index contributed by atoms with van der Waals surface area (Å²) in [7, 11) is -3.77. The van der Waals surface area contributed by atoms with Crippen molar-refractivity contribution in [2.75, 3.05) is 0 Å². The van der Waals surface area contributed by atoms with Gasteiger partial charge in [0.1, 0.15) is 5.65 Å². The summed E-state index contributed by atoms with van der Waals surface area (Å²) in [5.41, 5.74) is 0.725. The smallest absolute Gasteiger partial charge is 0.306 e. The minimum Gasteiger partial charge on any atom is -0.306 e. The molecule has 0 fully saturated rings. The highest BCUT2D eigenvalue weighted by molar-refractivity contribution is 7.89. The van der Waals surface area contributed by atoms with Crippen LogP contribution >= 0.6 is 0 Å². The summed E-state index contributed by atoms with van der Waals surface area (Å²) in [6, 6.07) is 8.76. The van der Waals surface area contributed by atoms with Gasteiger partial charge in [0.2, 0.25) is 10.0 Å². The van der Waals surface area contributed by atoms with Crippen LogP contribution in [0.15, 0.2) is 53.7 Å². The van der Waals surface area contributed by atoms with E-state index in [0.29, 0.717) is 11.3 Å². The van der Waals surface area contributed by atoms with Gasteiger partial charge in [-0.25, -0.2) is 18.1 Å².